The molecule has 12 heteroatoms. The standard InChI is InChI=1S/C39H42N8O4/c1-46(2)36(48)26-50-32-24-41-39(42-25-32)44-29-13-15-31(16-14-29)51-38-33-21-30(23-40-34(33)22-35(45-38)47-17-19-49-20-18-47)43-37(27-9-5-3-6-10-27)28-11-7-4-8-12-28/h3-12,21-25,29,31H,13-20,26H2,1-2H3,(H,41,42,44). The first-order valence-electron chi connectivity index (χ1n) is 17.4. The summed E-state index contributed by atoms with van der Waals surface area (Å²) >= 11 is 0. The fraction of sp³-hybridized carbons (Fsp3) is 0.333. The van der Waals surface area contributed by atoms with E-state index in [2.05, 4.69) is 44.5 Å². The summed E-state index contributed by atoms with van der Waals surface area (Å²) in [6.07, 6.45) is 8.43. The van der Waals surface area contributed by atoms with Crippen LogP contribution in [0.2, 0.25) is 0 Å². The molecule has 51 heavy (non-hydrogen) atoms. The van der Waals surface area contributed by atoms with Crippen LogP contribution in [0.3, 0.4) is 0 Å². The Labute approximate surface area is 297 Å². The Balaban J connectivity index is 1.09. The van der Waals surface area contributed by atoms with Crippen molar-refractivity contribution >= 4 is 40.0 Å². The Hall–Kier alpha value is -5.62. The van der Waals surface area contributed by atoms with Gasteiger partial charge in [0.15, 0.2) is 12.4 Å². The highest BCUT2D eigenvalue weighted by molar-refractivity contribution is 6.14. The van der Waals surface area contributed by atoms with E-state index >= 15 is 0 Å². The maximum absolute atomic E-state index is 11.8. The van der Waals surface area contributed by atoms with E-state index in [9.17, 15) is 4.79 Å². The number of hydrogen-bond donors (Lipinski definition) is 1. The molecule has 2 aromatic carbocycles. The molecule has 1 N–H and O–H groups in total. The Kier molecular flexibility index (Phi) is 10.6. The van der Waals surface area contributed by atoms with Crippen molar-refractivity contribution in [1.82, 2.24) is 24.8 Å². The lowest BCUT2D eigenvalue weighted by Gasteiger charge is -2.31. The molecule has 1 aliphatic heterocycles. The predicted molar refractivity (Wildman–Crippen MR) is 197 cm³/mol. The number of pyridine rings is 2. The maximum atomic E-state index is 11.8. The van der Waals surface area contributed by atoms with Gasteiger partial charge in [-0.25, -0.2) is 15.0 Å². The van der Waals surface area contributed by atoms with Gasteiger partial charge in [0, 0.05) is 50.4 Å². The number of amides is 1. The fourth-order valence-corrected chi connectivity index (χ4v) is 6.20. The van der Waals surface area contributed by atoms with Crippen LogP contribution in [0.4, 0.5) is 17.5 Å². The smallest absolute Gasteiger partial charge is 0.259 e. The molecule has 7 rings (SSSR count). The summed E-state index contributed by atoms with van der Waals surface area (Å²) in [6, 6.07) is 24.7. The van der Waals surface area contributed by atoms with Gasteiger partial charge >= 0.3 is 0 Å². The van der Waals surface area contributed by atoms with Crippen molar-refractivity contribution in [1.29, 1.82) is 0 Å². The monoisotopic (exact) mass is 686 g/mol. The SMILES string of the molecule is CN(C)C(=O)COc1cnc(NC2CCC(Oc3nc(N4CCOCC4)cc4ncc(N=C(c5ccccc5)c5ccccc5)cc34)CC2)nc1. The quantitative estimate of drug-likeness (QED) is 0.173. The Morgan fingerprint density at radius 1 is 0.902 bits per heavy atom. The van der Waals surface area contributed by atoms with Crippen LogP contribution in [-0.2, 0) is 9.53 Å². The molecule has 1 amide bonds. The number of ether oxygens (including phenoxy) is 3. The average Bonchev–Trinajstić information content (AvgIpc) is 3.18. The number of aliphatic imine (C=N–C) groups is 1. The van der Waals surface area contributed by atoms with E-state index in [1.807, 2.05) is 54.7 Å². The number of anilines is 2. The zero-order valence-corrected chi connectivity index (χ0v) is 28.9. The van der Waals surface area contributed by atoms with Crippen LogP contribution in [0.15, 0.2) is 96.4 Å². The minimum atomic E-state index is -0.127. The van der Waals surface area contributed by atoms with Crippen LogP contribution in [0.1, 0.15) is 36.8 Å². The number of benzene rings is 2. The molecule has 0 bridgehead atoms. The van der Waals surface area contributed by atoms with Crippen molar-refractivity contribution in [2.45, 2.75) is 37.8 Å². The summed E-state index contributed by atoms with van der Waals surface area (Å²) in [5.41, 5.74) is 4.46. The van der Waals surface area contributed by atoms with Crippen LogP contribution in [0.25, 0.3) is 10.9 Å². The number of nitrogens with one attached hydrogen (secondary N) is 1. The molecule has 0 atom stereocenters. The van der Waals surface area contributed by atoms with Gasteiger partial charge < -0.3 is 29.3 Å². The summed E-state index contributed by atoms with van der Waals surface area (Å²) in [5.74, 6) is 2.26. The Morgan fingerprint density at radius 3 is 2.22 bits per heavy atom. The van der Waals surface area contributed by atoms with E-state index in [1.165, 1.54) is 4.90 Å². The van der Waals surface area contributed by atoms with Crippen molar-refractivity contribution in [2.24, 2.45) is 4.99 Å². The van der Waals surface area contributed by atoms with Crippen LogP contribution < -0.4 is 19.7 Å². The van der Waals surface area contributed by atoms with E-state index in [-0.39, 0.29) is 24.7 Å². The second-order valence-electron chi connectivity index (χ2n) is 12.9. The first-order chi connectivity index (χ1) is 25.0. The molecule has 5 aromatic rings. The molecule has 12 nitrogen and oxygen atoms in total. The van der Waals surface area contributed by atoms with E-state index in [1.54, 1.807) is 26.5 Å². The predicted octanol–water partition coefficient (Wildman–Crippen LogP) is 5.69. The normalized spacial score (nSPS) is 17.4. The van der Waals surface area contributed by atoms with E-state index in [0.29, 0.717) is 30.8 Å². The van der Waals surface area contributed by atoms with Gasteiger partial charge in [0.2, 0.25) is 11.8 Å². The molecule has 2 aliphatic rings. The molecule has 1 aliphatic carbocycles. The largest absolute Gasteiger partial charge is 0.481 e. The molecule has 2 fully saturated rings. The first kappa shape index (κ1) is 33.9. The lowest BCUT2D eigenvalue weighted by Crippen LogP contribution is -2.37. The van der Waals surface area contributed by atoms with Crippen molar-refractivity contribution in [3.8, 4) is 11.6 Å². The summed E-state index contributed by atoms with van der Waals surface area (Å²) in [7, 11) is 3.38. The summed E-state index contributed by atoms with van der Waals surface area (Å²) in [5, 5.41) is 4.27. The molecule has 3 aromatic heterocycles. The van der Waals surface area contributed by atoms with Crippen LogP contribution in [0, 0.1) is 0 Å². The lowest BCUT2D eigenvalue weighted by molar-refractivity contribution is -0.130. The van der Waals surface area contributed by atoms with E-state index < -0.39 is 0 Å². The van der Waals surface area contributed by atoms with Gasteiger partial charge in [-0.1, -0.05) is 60.7 Å². The second kappa shape index (κ2) is 15.9. The highest BCUT2D eigenvalue weighted by atomic mass is 16.5. The van der Waals surface area contributed by atoms with Crippen molar-refractivity contribution in [2.75, 3.05) is 57.2 Å². The molecule has 0 radical (unpaired) electrons. The minimum Gasteiger partial charge on any atom is -0.481 e. The van der Waals surface area contributed by atoms with Crippen LogP contribution >= 0.6 is 0 Å². The number of likely N-dealkylation sites (N-methyl/N-ethyl adjacent to an activating group) is 1. The second-order valence-corrected chi connectivity index (χ2v) is 12.9. The van der Waals surface area contributed by atoms with Crippen LogP contribution in [-0.4, -0.2) is 95.6 Å². The molecule has 262 valence electrons. The number of aromatic nitrogens is 4. The highest BCUT2D eigenvalue weighted by Crippen LogP contribution is 2.34. The third kappa shape index (κ3) is 8.58. The summed E-state index contributed by atoms with van der Waals surface area (Å²) in [6.45, 7) is 2.78. The molecular formula is C39H42N8O4. The summed E-state index contributed by atoms with van der Waals surface area (Å²) in [4.78, 5) is 39.4. The molecule has 1 saturated heterocycles. The number of carbonyl (C=O) groups excluding carboxylic acids is 1. The third-order valence-electron chi connectivity index (χ3n) is 9.06. The number of nitrogens with zero attached hydrogens (tertiary/aromatic N) is 7. The number of hydrogen-bond acceptors (Lipinski definition) is 11. The van der Waals surface area contributed by atoms with Gasteiger partial charge in [0.1, 0.15) is 11.9 Å². The number of morpholine rings is 1. The topological polar surface area (TPSA) is 127 Å². The lowest BCUT2D eigenvalue weighted by atomic mass is 9.93. The Bertz CT molecular complexity index is 1900. The number of fused-ring (bicyclic) bond motifs is 1. The molecule has 0 spiro atoms. The van der Waals surface area contributed by atoms with E-state index in [0.717, 1.165) is 78.0 Å². The number of carbonyl (C=O) groups is 1. The fourth-order valence-electron chi connectivity index (χ4n) is 6.20. The average molecular weight is 687 g/mol. The van der Waals surface area contributed by atoms with Gasteiger partial charge in [-0.05, 0) is 31.7 Å². The Morgan fingerprint density at radius 2 is 1.57 bits per heavy atom. The highest BCUT2D eigenvalue weighted by Gasteiger charge is 2.25. The van der Waals surface area contributed by atoms with Crippen molar-refractivity contribution in [3.05, 3.63) is 103 Å². The van der Waals surface area contributed by atoms with Gasteiger partial charge in [0.25, 0.3) is 5.91 Å². The van der Waals surface area contributed by atoms with Crippen molar-refractivity contribution < 1.29 is 19.0 Å². The van der Waals surface area contributed by atoms with E-state index in [4.69, 9.17) is 29.2 Å². The molecule has 4 heterocycles. The van der Waals surface area contributed by atoms with Crippen molar-refractivity contribution in [3.63, 3.8) is 0 Å². The third-order valence-corrected chi connectivity index (χ3v) is 9.06. The minimum absolute atomic E-state index is 0.0130. The van der Waals surface area contributed by atoms with Gasteiger partial charge in [0.05, 0.1) is 54.1 Å². The van der Waals surface area contributed by atoms with Gasteiger partial charge in [-0.2, -0.15) is 4.98 Å². The van der Waals surface area contributed by atoms with Crippen LogP contribution in [0.5, 0.6) is 11.6 Å². The number of rotatable bonds is 11. The molecule has 0 unspecified atom stereocenters. The summed E-state index contributed by atoms with van der Waals surface area (Å²) < 4.78 is 17.8. The molecular weight excluding hydrogens is 644 g/mol. The maximum Gasteiger partial charge on any atom is 0.259 e. The zero-order valence-electron chi connectivity index (χ0n) is 28.9. The van der Waals surface area contributed by atoms with Gasteiger partial charge in [-0.15, -0.1) is 0 Å². The molecule has 1 saturated carbocycles. The zero-order chi connectivity index (χ0) is 35.0. The van der Waals surface area contributed by atoms with Gasteiger partial charge in [-0.3, -0.25) is 9.78 Å². The first-order valence-corrected chi connectivity index (χ1v) is 17.4.